The van der Waals surface area contributed by atoms with Gasteiger partial charge in [-0.1, -0.05) is 11.6 Å². The lowest BCUT2D eigenvalue weighted by molar-refractivity contribution is 0.0751. The predicted octanol–water partition coefficient (Wildman–Crippen LogP) is 3.59. The van der Waals surface area contributed by atoms with Crippen molar-refractivity contribution in [3.8, 4) is 0 Å². The van der Waals surface area contributed by atoms with Crippen LogP contribution < -0.4 is 0 Å². The highest BCUT2D eigenvalue weighted by Crippen LogP contribution is 2.21. The van der Waals surface area contributed by atoms with Crippen LogP contribution in [-0.4, -0.2) is 37.4 Å². The second-order valence-electron chi connectivity index (χ2n) is 6.64. The zero-order valence-corrected chi connectivity index (χ0v) is 17.0. The lowest BCUT2D eigenvalue weighted by Crippen LogP contribution is -2.26. The maximum Gasteiger partial charge on any atom is 0.289 e. The molecule has 0 fully saturated rings. The van der Waals surface area contributed by atoms with E-state index in [0.717, 1.165) is 29.2 Å². The van der Waals surface area contributed by atoms with E-state index in [1.807, 2.05) is 38.6 Å². The van der Waals surface area contributed by atoms with Crippen LogP contribution in [-0.2, 0) is 19.6 Å². The predicted molar refractivity (Wildman–Crippen MR) is 103 cm³/mol. The Balaban J connectivity index is 1.70. The van der Waals surface area contributed by atoms with Crippen LogP contribution in [0.5, 0.6) is 0 Å². The third kappa shape index (κ3) is 3.78. The van der Waals surface area contributed by atoms with Gasteiger partial charge in [-0.05, 0) is 39.8 Å². The second kappa shape index (κ2) is 7.60. The molecule has 3 aromatic rings. The first-order valence-corrected chi connectivity index (χ1v) is 9.24. The van der Waals surface area contributed by atoms with Gasteiger partial charge in [0, 0.05) is 31.4 Å². The number of amides is 1. The van der Waals surface area contributed by atoms with E-state index in [2.05, 4.69) is 10.2 Å². The fraction of sp³-hybridized carbons (Fsp3) is 0.421. The molecule has 0 aromatic carbocycles. The third-order valence-corrected chi connectivity index (χ3v) is 5.28. The fourth-order valence-electron chi connectivity index (χ4n) is 3.03. The highest BCUT2D eigenvalue weighted by atomic mass is 35.5. The van der Waals surface area contributed by atoms with Crippen molar-refractivity contribution in [2.75, 3.05) is 7.05 Å². The minimum absolute atomic E-state index is 0.170. The maximum absolute atomic E-state index is 12.7. The molecule has 144 valence electrons. The van der Waals surface area contributed by atoms with Gasteiger partial charge < -0.3 is 9.32 Å². The molecule has 0 bridgehead atoms. The highest BCUT2D eigenvalue weighted by Gasteiger charge is 2.19. The Hall–Kier alpha value is -2.54. The average Bonchev–Trinajstić information content (AvgIpc) is 3.31. The Labute approximate surface area is 163 Å². The molecule has 0 aliphatic heterocycles. The van der Waals surface area contributed by atoms with Gasteiger partial charge in [-0.3, -0.25) is 14.2 Å². The minimum atomic E-state index is -0.170. The van der Waals surface area contributed by atoms with E-state index in [-0.39, 0.29) is 5.91 Å². The average molecular weight is 390 g/mol. The SMILES string of the molecule is CCn1ncc(CN(C)C(=O)c2ccc(Cn3nc(C)c(Cl)c3C)o2)c1C. The van der Waals surface area contributed by atoms with Crippen LogP contribution in [0.4, 0.5) is 0 Å². The van der Waals surface area contributed by atoms with Crippen LogP contribution in [0.1, 0.15) is 45.9 Å². The summed E-state index contributed by atoms with van der Waals surface area (Å²) in [7, 11) is 1.76. The van der Waals surface area contributed by atoms with Crippen LogP contribution in [0.2, 0.25) is 5.02 Å². The summed E-state index contributed by atoms with van der Waals surface area (Å²) in [5.41, 5.74) is 3.74. The lowest BCUT2D eigenvalue weighted by Gasteiger charge is -2.15. The first kappa shape index (κ1) is 19.2. The van der Waals surface area contributed by atoms with Crippen molar-refractivity contribution in [1.82, 2.24) is 24.5 Å². The molecule has 0 spiro atoms. The number of hydrogen-bond donors (Lipinski definition) is 0. The molecule has 8 heteroatoms. The van der Waals surface area contributed by atoms with Crippen molar-refractivity contribution in [1.29, 1.82) is 0 Å². The summed E-state index contributed by atoms with van der Waals surface area (Å²) in [6.45, 7) is 9.53. The number of aryl methyl sites for hydroxylation is 2. The molecule has 3 rings (SSSR count). The van der Waals surface area contributed by atoms with E-state index >= 15 is 0 Å². The third-order valence-electron chi connectivity index (χ3n) is 4.73. The molecule has 0 N–H and O–H groups in total. The molecule has 27 heavy (non-hydrogen) atoms. The van der Waals surface area contributed by atoms with Crippen LogP contribution in [0.15, 0.2) is 22.7 Å². The first-order chi connectivity index (χ1) is 12.8. The van der Waals surface area contributed by atoms with E-state index in [4.69, 9.17) is 16.0 Å². The Bertz CT molecular complexity index is 969. The molecule has 0 radical (unpaired) electrons. The Morgan fingerprint density at radius 1 is 1.22 bits per heavy atom. The number of carbonyl (C=O) groups is 1. The summed E-state index contributed by atoms with van der Waals surface area (Å²) >= 11 is 6.18. The summed E-state index contributed by atoms with van der Waals surface area (Å²) < 4.78 is 9.44. The molecular formula is C19H24ClN5O2. The Kier molecular flexibility index (Phi) is 5.41. The number of carbonyl (C=O) groups excluding carboxylic acids is 1. The number of halogens is 1. The van der Waals surface area contributed by atoms with Crippen LogP contribution in [0.25, 0.3) is 0 Å². The van der Waals surface area contributed by atoms with Crippen LogP contribution >= 0.6 is 11.6 Å². The molecule has 0 aliphatic carbocycles. The van der Waals surface area contributed by atoms with Crippen molar-refractivity contribution >= 4 is 17.5 Å². The van der Waals surface area contributed by atoms with Gasteiger partial charge >= 0.3 is 0 Å². The normalized spacial score (nSPS) is 11.2. The van der Waals surface area contributed by atoms with Gasteiger partial charge in [0.05, 0.1) is 29.2 Å². The minimum Gasteiger partial charge on any atom is -0.454 e. The maximum atomic E-state index is 12.7. The molecular weight excluding hydrogens is 366 g/mol. The largest absolute Gasteiger partial charge is 0.454 e. The van der Waals surface area contributed by atoms with Gasteiger partial charge in [0.1, 0.15) is 5.76 Å². The molecule has 7 nitrogen and oxygen atoms in total. The van der Waals surface area contributed by atoms with E-state index < -0.39 is 0 Å². The first-order valence-electron chi connectivity index (χ1n) is 8.86. The van der Waals surface area contributed by atoms with Gasteiger partial charge in [0.2, 0.25) is 0 Å². The Morgan fingerprint density at radius 2 is 1.96 bits per heavy atom. The summed E-state index contributed by atoms with van der Waals surface area (Å²) in [4.78, 5) is 14.3. The van der Waals surface area contributed by atoms with Crippen molar-refractivity contribution in [3.63, 3.8) is 0 Å². The standard InChI is InChI=1S/C19H24ClN5O2/c1-6-24-13(3)15(9-21-24)10-23(5)19(26)17-8-7-16(27-17)11-25-14(4)18(20)12(2)22-25/h7-9H,6,10-11H2,1-5H3. The number of aromatic nitrogens is 4. The zero-order chi connectivity index (χ0) is 19.7. The smallest absolute Gasteiger partial charge is 0.289 e. The fourth-order valence-corrected chi connectivity index (χ4v) is 3.16. The topological polar surface area (TPSA) is 69.1 Å². The molecule has 0 saturated carbocycles. The highest BCUT2D eigenvalue weighted by molar-refractivity contribution is 6.31. The monoisotopic (exact) mass is 389 g/mol. The van der Waals surface area contributed by atoms with E-state index in [9.17, 15) is 4.79 Å². The molecule has 3 heterocycles. The summed E-state index contributed by atoms with van der Waals surface area (Å²) in [5.74, 6) is 0.793. The zero-order valence-electron chi connectivity index (χ0n) is 16.3. The van der Waals surface area contributed by atoms with Crippen molar-refractivity contribution in [2.24, 2.45) is 0 Å². The second-order valence-corrected chi connectivity index (χ2v) is 7.02. The quantitative estimate of drug-likeness (QED) is 0.646. The van der Waals surface area contributed by atoms with E-state index in [0.29, 0.717) is 29.6 Å². The summed E-state index contributed by atoms with van der Waals surface area (Å²) in [6.07, 6.45) is 1.81. The molecule has 3 aromatic heterocycles. The molecule has 0 saturated heterocycles. The van der Waals surface area contributed by atoms with Crippen LogP contribution in [0, 0.1) is 20.8 Å². The van der Waals surface area contributed by atoms with Crippen LogP contribution in [0.3, 0.4) is 0 Å². The van der Waals surface area contributed by atoms with Gasteiger partial charge in [-0.2, -0.15) is 10.2 Å². The van der Waals surface area contributed by atoms with Gasteiger partial charge in [0.15, 0.2) is 5.76 Å². The van der Waals surface area contributed by atoms with Gasteiger partial charge in [-0.15, -0.1) is 0 Å². The van der Waals surface area contributed by atoms with Gasteiger partial charge in [-0.25, -0.2) is 0 Å². The summed E-state index contributed by atoms with van der Waals surface area (Å²) in [5, 5.41) is 9.37. The van der Waals surface area contributed by atoms with Gasteiger partial charge in [0.25, 0.3) is 5.91 Å². The number of hydrogen-bond acceptors (Lipinski definition) is 4. The van der Waals surface area contributed by atoms with Crippen molar-refractivity contribution in [2.45, 2.75) is 47.3 Å². The number of nitrogens with zero attached hydrogens (tertiary/aromatic N) is 5. The number of rotatable bonds is 6. The molecule has 0 atom stereocenters. The van der Waals surface area contributed by atoms with Crippen molar-refractivity contribution in [3.05, 3.63) is 57.5 Å². The van der Waals surface area contributed by atoms with E-state index in [1.165, 1.54) is 0 Å². The molecule has 0 unspecified atom stereocenters. The lowest BCUT2D eigenvalue weighted by atomic mass is 10.2. The summed E-state index contributed by atoms with van der Waals surface area (Å²) in [6, 6.07) is 3.50. The number of furan rings is 1. The molecule has 0 aliphatic rings. The van der Waals surface area contributed by atoms with E-state index in [1.54, 1.807) is 28.8 Å². The van der Waals surface area contributed by atoms with Crippen molar-refractivity contribution < 1.29 is 9.21 Å². The molecule has 1 amide bonds. The Morgan fingerprint density at radius 3 is 2.56 bits per heavy atom.